The Balaban J connectivity index is 1.61. The van der Waals surface area contributed by atoms with Crippen LogP contribution < -0.4 is 5.32 Å². The van der Waals surface area contributed by atoms with Crippen molar-refractivity contribution in [1.29, 1.82) is 0 Å². The standard InChI is InChI=1S/C14H21N7O2/c1-10-6-14(23-17-10)16-13(22)9-20-7-11(19(2)3)12(8-20)21-5-4-15-18-21/h4-6,11-12H,7-9H2,1-3H3,(H,16,22)/t11-,12+/m1/s1. The van der Waals surface area contributed by atoms with Crippen molar-refractivity contribution >= 4 is 11.8 Å². The second-order valence-electron chi connectivity index (χ2n) is 6.06. The normalized spacial score (nSPS) is 21.9. The Morgan fingerprint density at radius 1 is 1.48 bits per heavy atom. The number of carbonyl (C=O) groups excluding carboxylic acids is 1. The number of amides is 1. The third kappa shape index (κ3) is 3.57. The van der Waals surface area contributed by atoms with Crippen molar-refractivity contribution in [3.05, 3.63) is 24.2 Å². The Morgan fingerprint density at radius 3 is 2.91 bits per heavy atom. The minimum atomic E-state index is -0.113. The number of likely N-dealkylation sites (N-methyl/N-ethyl adjacent to an activating group) is 1. The molecule has 0 saturated carbocycles. The summed E-state index contributed by atoms with van der Waals surface area (Å²) in [7, 11) is 4.07. The van der Waals surface area contributed by atoms with Gasteiger partial charge in [0, 0.05) is 31.4 Å². The van der Waals surface area contributed by atoms with Crippen molar-refractivity contribution in [1.82, 2.24) is 30.0 Å². The van der Waals surface area contributed by atoms with Crippen LogP contribution in [0.3, 0.4) is 0 Å². The molecule has 2 atom stereocenters. The fraction of sp³-hybridized carbons (Fsp3) is 0.571. The number of likely N-dealkylation sites (tertiary alicyclic amines) is 1. The van der Waals surface area contributed by atoms with E-state index in [-0.39, 0.29) is 18.0 Å². The van der Waals surface area contributed by atoms with Crippen molar-refractivity contribution in [3.63, 3.8) is 0 Å². The van der Waals surface area contributed by atoms with Crippen molar-refractivity contribution in [2.45, 2.75) is 19.0 Å². The van der Waals surface area contributed by atoms with E-state index in [1.54, 1.807) is 12.3 Å². The first kappa shape index (κ1) is 15.6. The molecule has 1 amide bonds. The molecule has 9 heteroatoms. The van der Waals surface area contributed by atoms with Gasteiger partial charge in [0.05, 0.1) is 24.5 Å². The Kier molecular flexibility index (Phi) is 4.39. The molecule has 3 heterocycles. The number of rotatable bonds is 5. The lowest BCUT2D eigenvalue weighted by Crippen LogP contribution is -2.37. The van der Waals surface area contributed by atoms with Gasteiger partial charge in [0.15, 0.2) is 0 Å². The van der Waals surface area contributed by atoms with Crippen LogP contribution in [0.15, 0.2) is 23.0 Å². The molecule has 2 aromatic rings. The van der Waals surface area contributed by atoms with Crippen molar-refractivity contribution in [2.24, 2.45) is 0 Å². The minimum Gasteiger partial charge on any atom is -0.338 e. The van der Waals surface area contributed by atoms with E-state index in [0.717, 1.165) is 18.8 Å². The number of aromatic nitrogens is 4. The van der Waals surface area contributed by atoms with Gasteiger partial charge in [0.1, 0.15) is 0 Å². The molecule has 3 rings (SSSR count). The van der Waals surface area contributed by atoms with Gasteiger partial charge in [0.25, 0.3) is 0 Å². The van der Waals surface area contributed by atoms with E-state index in [1.165, 1.54) is 0 Å². The topological polar surface area (TPSA) is 92.3 Å². The SMILES string of the molecule is Cc1cc(NC(=O)CN2C[C@@H](N(C)C)[C@@H](n3ccnn3)C2)on1. The molecule has 9 nitrogen and oxygen atoms in total. The van der Waals surface area contributed by atoms with E-state index in [0.29, 0.717) is 12.4 Å². The van der Waals surface area contributed by atoms with Crippen LogP contribution in [0.4, 0.5) is 5.88 Å². The minimum absolute atomic E-state index is 0.113. The van der Waals surface area contributed by atoms with E-state index in [2.05, 4.69) is 30.6 Å². The fourth-order valence-electron chi connectivity index (χ4n) is 2.94. The summed E-state index contributed by atoms with van der Waals surface area (Å²) in [6.07, 6.45) is 3.54. The zero-order valence-corrected chi connectivity index (χ0v) is 13.5. The molecule has 0 aromatic carbocycles. The first-order valence-corrected chi connectivity index (χ1v) is 7.50. The molecular formula is C14H21N7O2. The monoisotopic (exact) mass is 319 g/mol. The maximum absolute atomic E-state index is 12.2. The Labute approximate surface area is 134 Å². The van der Waals surface area contributed by atoms with Crippen molar-refractivity contribution in [2.75, 3.05) is 39.0 Å². The van der Waals surface area contributed by atoms with Gasteiger partial charge >= 0.3 is 0 Å². The Bertz CT molecular complexity index is 652. The van der Waals surface area contributed by atoms with Crippen molar-refractivity contribution < 1.29 is 9.32 Å². The Hall–Kier alpha value is -2.26. The van der Waals surface area contributed by atoms with E-state index in [4.69, 9.17) is 4.52 Å². The third-order valence-corrected chi connectivity index (χ3v) is 4.04. The van der Waals surface area contributed by atoms with Crippen LogP contribution in [-0.4, -0.2) is 75.6 Å². The molecule has 1 aliphatic rings. The van der Waals surface area contributed by atoms with Gasteiger partial charge in [-0.15, -0.1) is 5.10 Å². The lowest BCUT2D eigenvalue weighted by atomic mass is 10.1. The van der Waals surface area contributed by atoms with Crippen LogP contribution in [0.2, 0.25) is 0 Å². The molecule has 0 aliphatic carbocycles. The van der Waals surface area contributed by atoms with Crippen LogP contribution >= 0.6 is 0 Å². The second-order valence-corrected chi connectivity index (χ2v) is 6.06. The average molecular weight is 319 g/mol. The van der Waals surface area contributed by atoms with Crippen LogP contribution in [0, 0.1) is 6.92 Å². The number of hydrogen-bond donors (Lipinski definition) is 1. The highest BCUT2D eigenvalue weighted by atomic mass is 16.5. The van der Waals surface area contributed by atoms with Crippen molar-refractivity contribution in [3.8, 4) is 0 Å². The molecule has 23 heavy (non-hydrogen) atoms. The van der Waals surface area contributed by atoms with E-state index >= 15 is 0 Å². The molecule has 2 aromatic heterocycles. The maximum atomic E-state index is 12.2. The Morgan fingerprint density at radius 2 is 2.30 bits per heavy atom. The van der Waals surface area contributed by atoms with Gasteiger partial charge in [-0.25, -0.2) is 4.68 Å². The van der Waals surface area contributed by atoms with Crippen LogP contribution in [0.1, 0.15) is 11.7 Å². The molecule has 1 saturated heterocycles. The number of aryl methyl sites for hydroxylation is 1. The average Bonchev–Trinajstić information content (AvgIpc) is 3.18. The molecule has 0 radical (unpaired) electrons. The maximum Gasteiger partial charge on any atom is 0.240 e. The van der Waals surface area contributed by atoms with Crippen LogP contribution in [0.5, 0.6) is 0 Å². The van der Waals surface area contributed by atoms with Gasteiger partial charge in [0.2, 0.25) is 11.8 Å². The molecular weight excluding hydrogens is 298 g/mol. The zero-order chi connectivity index (χ0) is 16.4. The van der Waals surface area contributed by atoms with Gasteiger partial charge in [-0.2, -0.15) is 0 Å². The molecule has 124 valence electrons. The first-order valence-electron chi connectivity index (χ1n) is 7.50. The summed E-state index contributed by atoms with van der Waals surface area (Å²) in [5.41, 5.74) is 0.736. The molecule has 0 unspecified atom stereocenters. The van der Waals surface area contributed by atoms with Gasteiger partial charge in [-0.1, -0.05) is 10.4 Å². The summed E-state index contributed by atoms with van der Waals surface area (Å²) in [6.45, 7) is 3.65. The second kappa shape index (κ2) is 6.47. The summed E-state index contributed by atoms with van der Waals surface area (Å²) in [5.74, 6) is 0.265. The summed E-state index contributed by atoms with van der Waals surface area (Å²) in [5, 5.41) is 14.5. The molecule has 1 N–H and O–H groups in total. The van der Waals surface area contributed by atoms with Crippen LogP contribution in [0.25, 0.3) is 0 Å². The highest BCUT2D eigenvalue weighted by Gasteiger charge is 2.36. The lowest BCUT2D eigenvalue weighted by Gasteiger charge is -2.24. The summed E-state index contributed by atoms with van der Waals surface area (Å²) in [4.78, 5) is 16.4. The highest BCUT2D eigenvalue weighted by molar-refractivity contribution is 5.91. The number of anilines is 1. The lowest BCUT2D eigenvalue weighted by molar-refractivity contribution is -0.117. The predicted molar refractivity (Wildman–Crippen MR) is 82.8 cm³/mol. The number of nitrogens with one attached hydrogen (secondary N) is 1. The predicted octanol–water partition coefficient (Wildman–Crippen LogP) is 0.000120. The van der Waals surface area contributed by atoms with Gasteiger partial charge in [-0.05, 0) is 21.0 Å². The quantitative estimate of drug-likeness (QED) is 0.829. The van der Waals surface area contributed by atoms with E-state index in [1.807, 2.05) is 31.9 Å². The van der Waals surface area contributed by atoms with E-state index in [9.17, 15) is 4.79 Å². The molecule has 0 bridgehead atoms. The largest absolute Gasteiger partial charge is 0.338 e. The molecule has 0 spiro atoms. The number of hydrogen-bond acceptors (Lipinski definition) is 7. The molecule has 1 aliphatic heterocycles. The molecule has 1 fully saturated rings. The smallest absolute Gasteiger partial charge is 0.240 e. The highest BCUT2D eigenvalue weighted by Crippen LogP contribution is 2.24. The summed E-state index contributed by atoms with van der Waals surface area (Å²) in [6, 6.07) is 2.15. The van der Waals surface area contributed by atoms with Gasteiger partial charge < -0.3 is 9.42 Å². The summed E-state index contributed by atoms with van der Waals surface area (Å²) < 4.78 is 6.87. The van der Waals surface area contributed by atoms with E-state index < -0.39 is 0 Å². The fourth-order valence-corrected chi connectivity index (χ4v) is 2.94. The van der Waals surface area contributed by atoms with Gasteiger partial charge in [-0.3, -0.25) is 15.0 Å². The zero-order valence-electron chi connectivity index (χ0n) is 13.5. The number of nitrogens with zero attached hydrogens (tertiary/aromatic N) is 6. The van der Waals surface area contributed by atoms with Crippen LogP contribution in [-0.2, 0) is 4.79 Å². The third-order valence-electron chi connectivity index (χ3n) is 4.04. The number of carbonyl (C=O) groups is 1. The summed E-state index contributed by atoms with van der Waals surface area (Å²) >= 11 is 0. The first-order chi connectivity index (χ1) is 11.0.